The number of fused-ring (bicyclic) bond motifs is 1. The predicted octanol–water partition coefficient (Wildman–Crippen LogP) is 2.23. The number of aromatic nitrogens is 2. The molecule has 1 aromatic carbocycles. The Balaban J connectivity index is 1.60. The number of hydrogen-bond donors (Lipinski definition) is 3. The van der Waals surface area contributed by atoms with Gasteiger partial charge >= 0.3 is 0 Å². The van der Waals surface area contributed by atoms with Crippen LogP contribution in [0.2, 0.25) is 0 Å². The number of likely N-dealkylation sites (N-methyl/N-ethyl adjacent to an activating group) is 1. The van der Waals surface area contributed by atoms with E-state index in [4.69, 9.17) is 4.74 Å². The highest BCUT2D eigenvalue weighted by Gasteiger charge is 2.32. The van der Waals surface area contributed by atoms with Crippen LogP contribution in [0.4, 0.5) is 0 Å². The molecule has 0 saturated carbocycles. The number of rotatable bonds is 10. The Hall–Kier alpha value is -3.25. The van der Waals surface area contributed by atoms with E-state index in [1.807, 2.05) is 11.9 Å². The van der Waals surface area contributed by atoms with Gasteiger partial charge in [-0.1, -0.05) is 6.08 Å². The molecule has 3 heterocycles. The number of hydrogen-bond acceptors (Lipinski definition) is 8. The number of benzene rings is 1. The monoisotopic (exact) mass is 527 g/mol. The van der Waals surface area contributed by atoms with Gasteiger partial charge in [0.25, 0.3) is 5.91 Å². The normalized spacial score (nSPS) is 16.1. The Kier molecular flexibility index (Phi) is 8.28. The van der Waals surface area contributed by atoms with E-state index in [-0.39, 0.29) is 16.7 Å². The third-order valence-corrected chi connectivity index (χ3v) is 8.62. The molecule has 37 heavy (non-hydrogen) atoms. The van der Waals surface area contributed by atoms with E-state index in [1.54, 1.807) is 31.4 Å². The number of nitrogens with zero attached hydrogens (tertiary/aromatic N) is 3. The summed E-state index contributed by atoms with van der Waals surface area (Å²) in [6.07, 6.45) is 3.46. The second kappa shape index (κ2) is 11.4. The first-order chi connectivity index (χ1) is 17.8. The lowest BCUT2D eigenvalue weighted by Gasteiger charge is -2.36. The molecule has 2 aromatic heterocycles. The third-order valence-electron chi connectivity index (χ3n) is 6.59. The van der Waals surface area contributed by atoms with Crippen LogP contribution in [-0.2, 0) is 14.6 Å². The van der Waals surface area contributed by atoms with Crippen molar-refractivity contribution in [2.45, 2.75) is 16.7 Å². The number of piperazine rings is 1. The summed E-state index contributed by atoms with van der Waals surface area (Å²) < 4.78 is 31.8. The van der Waals surface area contributed by atoms with Gasteiger partial charge in [0.05, 0.1) is 16.2 Å². The molecular weight excluding hydrogens is 494 g/mol. The standard InChI is InChI=1S/C26H33N5O5S/c1-4-23(31-13-11-30(2)12-14-31)37(34,35)19-7-9-22(28-17-19)24-20-16-18(6-8-21(20)29-26(24)33)25(32)27-10-5-15-36-3/h4,6-9,16-17,23,29,33H,1,5,10-15H2,2-3H3,(H,27,32). The van der Waals surface area contributed by atoms with Crippen molar-refractivity contribution in [3.8, 4) is 17.1 Å². The summed E-state index contributed by atoms with van der Waals surface area (Å²) in [7, 11) is -0.125. The quantitative estimate of drug-likeness (QED) is 0.271. The van der Waals surface area contributed by atoms with Gasteiger partial charge in [0.1, 0.15) is 5.37 Å². The highest BCUT2D eigenvalue weighted by molar-refractivity contribution is 7.92. The molecule has 4 rings (SSSR count). The van der Waals surface area contributed by atoms with Crippen LogP contribution < -0.4 is 5.32 Å². The molecule has 0 aliphatic carbocycles. The predicted molar refractivity (Wildman–Crippen MR) is 142 cm³/mol. The number of sulfone groups is 1. The first-order valence-electron chi connectivity index (χ1n) is 12.1. The molecule has 1 amide bonds. The molecule has 1 saturated heterocycles. The minimum Gasteiger partial charge on any atom is -0.494 e. The van der Waals surface area contributed by atoms with Gasteiger partial charge in [-0.25, -0.2) is 8.42 Å². The summed E-state index contributed by atoms with van der Waals surface area (Å²) in [5.74, 6) is -0.351. The molecule has 1 aliphatic heterocycles. The fourth-order valence-corrected chi connectivity index (χ4v) is 6.08. The molecule has 1 aliphatic rings. The van der Waals surface area contributed by atoms with Gasteiger partial charge in [-0.3, -0.25) is 14.7 Å². The van der Waals surface area contributed by atoms with E-state index in [0.29, 0.717) is 60.4 Å². The molecule has 3 aromatic rings. The number of H-pyrrole nitrogens is 1. The van der Waals surface area contributed by atoms with E-state index >= 15 is 0 Å². The van der Waals surface area contributed by atoms with Crippen molar-refractivity contribution >= 4 is 26.6 Å². The van der Waals surface area contributed by atoms with Crippen LogP contribution in [0.25, 0.3) is 22.2 Å². The summed E-state index contributed by atoms with van der Waals surface area (Å²) in [5, 5.41) is 13.2. The van der Waals surface area contributed by atoms with Crippen LogP contribution in [-0.4, -0.2) is 98.1 Å². The van der Waals surface area contributed by atoms with Crippen LogP contribution >= 0.6 is 0 Å². The first-order valence-corrected chi connectivity index (χ1v) is 13.7. The largest absolute Gasteiger partial charge is 0.494 e. The van der Waals surface area contributed by atoms with Crippen molar-refractivity contribution in [2.75, 3.05) is 53.5 Å². The topological polar surface area (TPSA) is 128 Å². The van der Waals surface area contributed by atoms with Crippen LogP contribution in [0.3, 0.4) is 0 Å². The van der Waals surface area contributed by atoms with Gasteiger partial charge < -0.3 is 25.0 Å². The number of ether oxygens (including phenoxy) is 1. The zero-order chi connectivity index (χ0) is 26.6. The van der Waals surface area contributed by atoms with E-state index in [1.165, 1.54) is 18.3 Å². The minimum atomic E-state index is -3.74. The molecule has 3 N–H and O–H groups in total. The maximum absolute atomic E-state index is 13.4. The van der Waals surface area contributed by atoms with Crippen molar-refractivity contribution < 1.29 is 23.1 Å². The second-order valence-electron chi connectivity index (χ2n) is 9.10. The smallest absolute Gasteiger partial charge is 0.251 e. The maximum atomic E-state index is 13.4. The van der Waals surface area contributed by atoms with Crippen LogP contribution in [0.1, 0.15) is 16.8 Å². The molecule has 11 heteroatoms. The van der Waals surface area contributed by atoms with Crippen molar-refractivity contribution in [3.63, 3.8) is 0 Å². The molecule has 0 bridgehead atoms. The number of carbonyl (C=O) groups is 1. The molecular formula is C26H33N5O5S. The Labute approximate surface area is 216 Å². The molecule has 1 unspecified atom stereocenters. The van der Waals surface area contributed by atoms with E-state index in [0.717, 1.165) is 13.1 Å². The summed E-state index contributed by atoms with van der Waals surface area (Å²) >= 11 is 0. The number of methoxy groups -OCH3 is 1. The minimum absolute atomic E-state index is 0.0792. The fraction of sp³-hybridized carbons (Fsp3) is 0.385. The van der Waals surface area contributed by atoms with Crippen molar-refractivity contribution in [1.82, 2.24) is 25.1 Å². The summed E-state index contributed by atoms with van der Waals surface area (Å²) in [5.41, 5.74) is 1.84. The average Bonchev–Trinajstić information content (AvgIpc) is 3.22. The number of aromatic hydroxyl groups is 1. The Bertz CT molecular complexity index is 1360. The Morgan fingerprint density at radius 2 is 2.03 bits per heavy atom. The first kappa shape index (κ1) is 26.8. The van der Waals surface area contributed by atoms with Crippen LogP contribution in [0.15, 0.2) is 54.1 Å². The van der Waals surface area contributed by atoms with Gasteiger partial charge in [-0.2, -0.15) is 0 Å². The zero-order valence-electron chi connectivity index (χ0n) is 21.1. The summed E-state index contributed by atoms with van der Waals surface area (Å²) in [4.78, 5) is 24.0. The Morgan fingerprint density at radius 3 is 2.68 bits per heavy atom. The zero-order valence-corrected chi connectivity index (χ0v) is 21.9. The van der Waals surface area contributed by atoms with Gasteiger partial charge in [0.15, 0.2) is 15.7 Å². The lowest BCUT2D eigenvalue weighted by atomic mass is 10.1. The number of carbonyl (C=O) groups excluding carboxylic acids is 1. The van der Waals surface area contributed by atoms with Gasteiger partial charge in [0, 0.05) is 69.1 Å². The van der Waals surface area contributed by atoms with E-state index in [9.17, 15) is 18.3 Å². The van der Waals surface area contributed by atoms with Crippen LogP contribution in [0.5, 0.6) is 5.88 Å². The molecule has 1 fully saturated rings. The average molecular weight is 528 g/mol. The van der Waals surface area contributed by atoms with Gasteiger partial charge in [0.2, 0.25) is 0 Å². The van der Waals surface area contributed by atoms with Crippen molar-refractivity contribution in [1.29, 1.82) is 0 Å². The van der Waals surface area contributed by atoms with E-state index < -0.39 is 15.2 Å². The number of amides is 1. The molecule has 1 atom stereocenters. The van der Waals surface area contributed by atoms with Crippen molar-refractivity contribution in [3.05, 3.63) is 54.7 Å². The summed E-state index contributed by atoms with van der Waals surface area (Å²) in [6, 6.07) is 8.13. The second-order valence-corrected chi connectivity index (χ2v) is 11.1. The molecule has 10 nitrogen and oxygen atoms in total. The van der Waals surface area contributed by atoms with Crippen LogP contribution in [0, 0.1) is 0 Å². The van der Waals surface area contributed by atoms with E-state index in [2.05, 4.69) is 26.8 Å². The Morgan fingerprint density at radius 1 is 1.27 bits per heavy atom. The number of aromatic amines is 1. The van der Waals surface area contributed by atoms with Gasteiger partial charge in [-0.15, -0.1) is 6.58 Å². The lowest BCUT2D eigenvalue weighted by Crippen LogP contribution is -2.50. The fourth-order valence-electron chi connectivity index (χ4n) is 4.48. The lowest BCUT2D eigenvalue weighted by molar-refractivity contribution is 0.0948. The van der Waals surface area contributed by atoms with Gasteiger partial charge in [-0.05, 0) is 43.8 Å². The highest BCUT2D eigenvalue weighted by atomic mass is 32.2. The van der Waals surface area contributed by atoms with Crippen molar-refractivity contribution in [2.24, 2.45) is 0 Å². The molecule has 0 spiro atoms. The SMILES string of the molecule is C=CC(N1CCN(C)CC1)S(=O)(=O)c1ccc(-c2c(O)[nH]c3ccc(C(=O)NCCCOC)cc23)nc1. The maximum Gasteiger partial charge on any atom is 0.251 e. The molecule has 0 radical (unpaired) electrons. The summed E-state index contributed by atoms with van der Waals surface area (Å²) in [6.45, 7) is 7.62. The molecule has 198 valence electrons. The number of nitrogens with one attached hydrogen (secondary N) is 2. The third kappa shape index (κ3) is 5.69. The number of pyridine rings is 1. The highest BCUT2D eigenvalue weighted by Crippen LogP contribution is 2.36.